The fraction of sp³-hybridized carbons (Fsp3) is 0.333. The molecule has 0 bridgehead atoms. The van der Waals surface area contributed by atoms with Crippen LogP contribution < -0.4 is 0 Å². The lowest BCUT2D eigenvalue weighted by atomic mass is 9.92. The Morgan fingerprint density at radius 3 is 2.75 bits per heavy atom. The van der Waals surface area contributed by atoms with E-state index in [1.54, 1.807) is 0 Å². The summed E-state index contributed by atoms with van der Waals surface area (Å²) in [5.41, 5.74) is 1.68. The van der Waals surface area contributed by atoms with Gasteiger partial charge in [0, 0.05) is 0 Å². The Morgan fingerprint density at radius 1 is 1.31 bits per heavy atom. The number of benzene rings is 1. The molecular formula is C15H18O. The van der Waals surface area contributed by atoms with Gasteiger partial charge in [-0.3, -0.25) is 0 Å². The van der Waals surface area contributed by atoms with Crippen molar-refractivity contribution in [3.05, 3.63) is 54.1 Å². The molecule has 1 fully saturated rings. The van der Waals surface area contributed by atoms with Gasteiger partial charge in [0.1, 0.15) is 0 Å². The minimum atomic E-state index is -0.641. The summed E-state index contributed by atoms with van der Waals surface area (Å²) in [5.74, 6) is 0. The van der Waals surface area contributed by atoms with Crippen LogP contribution in [0.1, 0.15) is 31.2 Å². The molecule has 0 amide bonds. The highest BCUT2D eigenvalue weighted by Gasteiger charge is 2.34. The molecule has 1 atom stereocenters. The molecule has 1 saturated carbocycles. The van der Waals surface area contributed by atoms with Crippen LogP contribution in [0.15, 0.2) is 48.6 Å². The third-order valence-electron chi connectivity index (χ3n) is 3.26. The van der Waals surface area contributed by atoms with E-state index in [2.05, 4.69) is 24.8 Å². The van der Waals surface area contributed by atoms with E-state index in [1.165, 1.54) is 5.56 Å². The van der Waals surface area contributed by atoms with E-state index in [1.807, 2.05) is 24.3 Å². The topological polar surface area (TPSA) is 20.2 Å². The first kappa shape index (κ1) is 11.2. The fourth-order valence-electron chi connectivity index (χ4n) is 2.39. The maximum absolute atomic E-state index is 10.5. The highest BCUT2D eigenvalue weighted by molar-refractivity contribution is 5.55. The second kappa shape index (κ2) is 4.67. The van der Waals surface area contributed by atoms with E-state index >= 15 is 0 Å². The Labute approximate surface area is 97.1 Å². The van der Waals surface area contributed by atoms with Crippen LogP contribution in [-0.2, 0) is 0 Å². The third-order valence-corrected chi connectivity index (χ3v) is 3.26. The summed E-state index contributed by atoms with van der Waals surface area (Å²) < 4.78 is 0. The molecule has 1 aliphatic carbocycles. The smallest absolute Gasteiger partial charge is 0.0894 e. The molecule has 1 heteroatoms. The maximum Gasteiger partial charge on any atom is 0.0894 e. The third kappa shape index (κ3) is 2.25. The first-order chi connectivity index (χ1) is 7.74. The highest BCUT2D eigenvalue weighted by Crippen LogP contribution is 2.38. The summed E-state index contributed by atoms with van der Waals surface area (Å²) in [7, 11) is 0. The first-order valence-corrected chi connectivity index (χ1v) is 5.84. The molecule has 0 heterocycles. The fourth-order valence-corrected chi connectivity index (χ4v) is 2.39. The Hall–Kier alpha value is -1.34. The summed E-state index contributed by atoms with van der Waals surface area (Å²) in [5, 5.41) is 10.5. The quantitative estimate of drug-likeness (QED) is 0.763. The van der Waals surface area contributed by atoms with Gasteiger partial charge in [0.15, 0.2) is 0 Å². The monoisotopic (exact) mass is 214 g/mol. The van der Waals surface area contributed by atoms with Gasteiger partial charge in [-0.05, 0) is 36.8 Å². The van der Waals surface area contributed by atoms with E-state index in [0.717, 1.165) is 24.8 Å². The molecule has 84 valence electrons. The van der Waals surface area contributed by atoms with Gasteiger partial charge in [-0.1, -0.05) is 42.5 Å². The molecule has 0 aromatic heterocycles. The highest BCUT2D eigenvalue weighted by atomic mass is 16.3. The second-order valence-corrected chi connectivity index (χ2v) is 4.46. The van der Waals surface area contributed by atoms with E-state index in [0.29, 0.717) is 6.42 Å². The van der Waals surface area contributed by atoms with Gasteiger partial charge in [0.2, 0.25) is 0 Å². The lowest BCUT2D eigenvalue weighted by molar-refractivity contribution is 0.0894. The van der Waals surface area contributed by atoms with E-state index < -0.39 is 5.60 Å². The van der Waals surface area contributed by atoms with Crippen LogP contribution in [0.5, 0.6) is 0 Å². The molecule has 0 saturated heterocycles. The van der Waals surface area contributed by atoms with E-state index in [4.69, 9.17) is 0 Å². The molecule has 0 aliphatic heterocycles. The number of rotatable bonds is 3. The second-order valence-electron chi connectivity index (χ2n) is 4.46. The van der Waals surface area contributed by atoms with Gasteiger partial charge < -0.3 is 5.11 Å². The van der Waals surface area contributed by atoms with Gasteiger partial charge in [-0.15, -0.1) is 6.58 Å². The normalized spacial score (nSPS) is 27.2. The maximum atomic E-state index is 10.5. The van der Waals surface area contributed by atoms with Crippen LogP contribution in [0.2, 0.25) is 0 Å². The lowest BCUT2D eigenvalue weighted by Crippen LogP contribution is -2.25. The van der Waals surface area contributed by atoms with Crippen LogP contribution in [0.3, 0.4) is 0 Å². The van der Waals surface area contributed by atoms with Gasteiger partial charge >= 0.3 is 0 Å². The van der Waals surface area contributed by atoms with Crippen LogP contribution in [-0.4, -0.2) is 10.7 Å². The summed E-state index contributed by atoms with van der Waals surface area (Å²) in [6.45, 7) is 3.72. The molecule has 2 rings (SSSR count). The zero-order valence-corrected chi connectivity index (χ0v) is 9.52. The van der Waals surface area contributed by atoms with Crippen molar-refractivity contribution >= 4 is 6.08 Å². The average molecular weight is 214 g/mol. The van der Waals surface area contributed by atoms with E-state index in [-0.39, 0.29) is 0 Å². The largest absolute Gasteiger partial charge is 0.385 e. The lowest BCUT2D eigenvalue weighted by Gasteiger charge is -2.23. The Kier molecular flexibility index (Phi) is 3.25. The zero-order valence-electron chi connectivity index (χ0n) is 9.52. The molecule has 1 aromatic rings. The van der Waals surface area contributed by atoms with Crippen LogP contribution >= 0.6 is 0 Å². The predicted octanol–water partition coefficient (Wildman–Crippen LogP) is 3.56. The SMILES string of the molecule is C=CC[C@]1(O)CCC/C1=C/c1ccccc1. The standard InChI is InChI=1S/C15H18O/c1-2-10-15(16)11-6-9-14(15)12-13-7-4-3-5-8-13/h2-5,7-8,12,16H,1,6,9-11H2/b14-12-/t15-/m0/s1. The molecule has 0 spiro atoms. The average Bonchev–Trinajstić information content (AvgIpc) is 2.62. The van der Waals surface area contributed by atoms with Crippen molar-refractivity contribution in [2.45, 2.75) is 31.3 Å². The van der Waals surface area contributed by atoms with Gasteiger partial charge in [-0.25, -0.2) is 0 Å². The minimum Gasteiger partial charge on any atom is -0.385 e. The van der Waals surface area contributed by atoms with Crippen LogP contribution in [0, 0.1) is 0 Å². The predicted molar refractivity (Wildman–Crippen MR) is 68.0 cm³/mol. The van der Waals surface area contributed by atoms with Crippen molar-refractivity contribution in [1.29, 1.82) is 0 Å². The summed E-state index contributed by atoms with van der Waals surface area (Å²) in [4.78, 5) is 0. The number of aliphatic hydroxyl groups is 1. The Morgan fingerprint density at radius 2 is 2.06 bits per heavy atom. The molecular weight excluding hydrogens is 196 g/mol. The van der Waals surface area contributed by atoms with E-state index in [9.17, 15) is 5.11 Å². The molecule has 1 nitrogen and oxygen atoms in total. The summed E-state index contributed by atoms with van der Waals surface area (Å²) in [6.07, 6.45) is 7.52. The van der Waals surface area contributed by atoms with Crippen LogP contribution in [0.4, 0.5) is 0 Å². The Balaban J connectivity index is 2.26. The number of hydrogen-bond donors (Lipinski definition) is 1. The summed E-state index contributed by atoms with van der Waals surface area (Å²) >= 11 is 0. The van der Waals surface area contributed by atoms with Gasteiger partial charge in [0.25, 0.3) is 0 Å². The van der Waals surface area contributed by atoms with Gasteiger partial charge in [0.05, 0.1) is 5.60 Å². The van der Waals surface area contributed by atoms with Crippen molar-refractivity contribution in [2.24, 2.45) is 0 Å². The Bertz CT molecular complexity index is 391. The first-order valence-electron chi connectivity index (χ1n) is 5.84. The number of hydrogen-bond acceptors (Lipinski definition) is 1. The molecule has 0 radical (unpaired) electrons. The molecule has 1 aliphatic rings. The van der Waals surface area contributed by atoms with Crippen molar-refractivity contribution in [1.82, 2.24) is 0 Å². The minimum absolute atomic E-state index is 0.641. The van der Waals surface area contributed by atoms with Crippen molar-refractivity contribution in [3.8, 4) is 0 Å². The van der Waals surface area contributed by atoms with Crippen molar-refractivity contribution in [3.63, 3.8) is 0 Å². The summed E-state index contributed by atoms with van der Waals surface area (Å²) in [6, 6.07) is 10.2. The van der Waals surface area contributed by atoms with Gasteiger partial charge in [-0.2, -0.15) is 0 Å². The van der Waals surface area contributed by atoms with Crippen molar-refractivity contribution < 1.29 is 5.11 Å². The molecule has 0 unspecified atom stereocenters. The van der Waals surface area contributed by atoms with Crippen LogP contribution in [0.25, 0.3) is 6.08 Å². The zero-order chi connectivity index (χ0) is 11.4. The molecule has 1 aromatic carbocycles. The van der Waals surface area contributed by atoms with Crippen molar-refractivity contribution in [2.75, 3.05) is 0 Å². The molecule has 1 N–H and O–H groups in total. The molecule has 16 heavy (non-hydrogen) atoms.